The number of methoxy groups -OCH3 is 1. The second kappa shape index (κ2) is 9.69. The summed E-state index contributed by atoms with van der Waals surface area (Å²) in [5, 5.41) is 4.12. The van der Waals surface area contributed by atoms with E-state index in [9.17, 15) is 0 Å². The van der Waals surface area contributed by atoms with Gasteiger partial charge in [-0.05, 0) is 48.6 Å². The zero-order valence-electron chi connectivity index (χ0n) is 15.6. The first-order chi connectivity index (χ1) is 12.0. The molecule has 0 aliphatic rings. The molecule has 0 aliphatic heterocycles. The molecule has 2 rings (SSSR count). The summed E-state index contributed by atoms with van der Waals surface area (Å²) in [5.74, 6) is 2.06. The van der Waals surface area contributed by atoms with Crippen LogP contribution in [0, 0.1) is 12.8 Å². The first-order valence-electron chi connectivity index (χ1n) is 8.75. The zero-order valence-corrected chi connectivity index (χ0v) is 16.3. The number of aryl methyl sites for hydroxylation is 1. The molecule has 4 heteroatoms. The molecule has 0 saturated carbocycles. The summed E-state index contributed by atoms with van der Waals surface area (Å²) < 4.78 is 11.5. The van der Waals surface area contributed by atoms with Crippen LogP contribution in [0.3, 0.4) is 0 Å². The maximum absolute atomic E-state index is 6.44. The van der Waals surface area contributed by atoms with Crippen LogP contribution in [0.1, 0.15) is 37.0 Å². The van der Waals surface area contributed by atoms with Crippen LogP contribution >= 0.6 is 11.6 Å². The van der Waals surface area contributed by atoms with Gasteiger partial charge in [0.2, 0.25) is 0 Å². The molecule has 0 radical (unpaired) electrons. The zero-order chi connectivity index (χ0) is 18.2. The summed E-state index contributed by atoms with van der Waals surface area (Å²) in [4.78, 5) is 0. The maximum Gasteiger partial charge on any atom is 0.163 e. The lowest BCUT2D eigenvalue weighted by Crippen LogP contribution is -2.16. The lowest BCUT2D eigenvalue weighted by Gasteiger charge is -2.15. The van der Waals surface area contributed by atoms with Gasteiger partial charge in [-0.3, -0.25) is 0 Å². The minimum absolute atomic E-state index is 0.491. The van der Waals surface area contributed by atoms with Crippen molar-refractivity contribution in [3.8, 4) is 11.5 Å². The lowest BCUT2D eigenvalue weighted by molar-refractivity contribution is 0.283. The van der Waals surface area contributed by atoms with Crippen LogP contribution in [0.5, 0.6) is 11.5 Å². The van der Waals surface area contributed by atoms with Crippen LogP contribution in [0.15, 0.2) is 36.4 Å². The highest BCUT2D eigenvalue weighted by atomic mass is 35.5. The number of ether oxygens (including phenoxy) is 2. The third kappa shape index (κ3) is 5.94. The Kier molecular flexibility index (Phi) is 7.60. The van der Waals surface area contributed by atoms with Crippen molar-refractivity contribution in [2.24, 2.45) is 5.92 Å². The van der Waals surface area contributed by atoms with E-state index in [0.717, 1.165) is 30.6 Å². The number of nitrogens with one attached hydrogen (secondary N) is 1. The molecule has 0 spiro atoms. The van der Waals surface area contributed by atoms with Crippen LogP contribution in [0.4, 0.5) is 0 Å². The van der Waals surface area contributed by atoms with Crippen LogP contribution in [-0.2, 0) is 13.2 Å². The molecule has 136 valence electrons. The Morgan fingerprint density at radius 1 is 1.08 bits per heavy atom. The molecule has 0 aliphatic carbocycles. The first-order valence-corrected chi connectivity index (χ1v) is 9.13. The van der Waals surface area contributed by atoms with Crippen LogP contribution in [-0.4, -0.2) is 13.7 Å². The van der Waals surface area contributed by atoms with E-state index >= 15 is 0 Å². The third-order valence-electron chi connectivity index (χ3n) is 4.19. The molecule has 3 nitrogen and oxygen atoms in total. The Morgan fingerprint density at radius 2 is 1.84 bits per heavy atom. The predicted octanol–water partition coefficient (Wildman–Crippen LogP) is 5.37. The summed E-state index contributed by atoms with van der Waals surface area (Å²) in [6.45, 7) is 8.71. The number of rotatable bonds is 9. The molecule has 0 heterocycles. The molecule has 25 heavy (non-hydrogen) atoms. The molecule has 0 atom stereocenters. The van der Waals surface area contributed by atoms with Gasteiger partial charge >= 0.3 is 0 Å². The Balaban J connectivity index is 2.04. The van der Waals surface area contributed by atoms with Crippen molar-refractivity contribution in [1.82, 2.24) is 5.32 Å². The van der Waals surface area contributed by atoms with Crippen molar-refractivity contribution in [3.05, 3.63) is 58.1 Å². The quantitative estimate of drug-likeness (QED) is 0.609. The molecule has 0 amide bonds. The molecule has 0 fully saturated rings. The van der Waals surface area contributed by atoms with Gasteiger partial charge in [0.1, 0.15) is 6.61 Å². The highest BCUT2D eigenvalue weighted by Gasteiger charge is 2.11. The van der Waals surface area contributed by atoms with E-state index < -0.39 is 0 Å². The summed E-state index contributed by atoms with van der Waals surface area (Å²) in [6, 6.07) is 12.0. The summed E-state index contributed by atoms with van der Waals surface area (Å²) >= 11 is 6.44. The van der Waals surface area contributed by atoms with Crippen molar-refractivity contribution < 1.29 is 9.47 Å². The van der Waals surface area contributed by atoms with E-state index in [1.807, 2.05) is 24.3 Å². The van der Waals surface area contributed by atoms with Gasteiger partial charge in [-0.15, -0.1) is 0 Å². The number of halogens is 1. The Morgan fingerprint density at radius 3 is 2.52 bits per heavy atom. The second-order valence-corrected chi connectivity index (χ2v) is 7.08. The smallest absolute Gasteiger partial charge is 0.163 e. The average Bonchev–Trinajstić information content (AvgIpc) is 2.59. The summed E-state index contributed by atoms with van der Waals surface area (Å²) in [5.41, 5.74) is 3.38. The van der Waals surface area contributed by atoms with Crippen LogP contribution < -0.4 is 14.8 Å². The van der Waals surface area contributed by atoms with E-state index in [4.69, 9.17) is 21.1 Å². The topological polar surface area (TPSA) is 30.5 Å². The van der Waals surface area contributed by atoms with E-state index in [1.54, 1.807) is 7.11 Å². The van der Waals surface area contributed by atoms with Gasteiger partial charge in [0, 0.05) is 17.6 Å². The molecule has 2 aromatic carbocycles. The van der Waals surface area contributed by atoms with Crippen molar-refractivity contribution in [3.63, 3.8) is 0 Å². The molecule has 0 bridgehead atoms. The van der Waals surface area contributed by atoms with Gasteiger partial charge in [0.15, 0.2) is 11.5 Å². The van der Waals surface area contributed by atoms with Crippen molar-refractivity contribution in [1.29, 1.82) is 0 Å². The molecular formula is C21H28ClNO2. The largest absolute Gasteiger partial charge is 0.493 e. The van der Waals surface area contributed by atoms with Gasteiger partial charge in [-0.1, -0.05) is 49.7 Å². The van der Waals surface area contributed by atoms with Crippen molar-refractivity contribution >= 4 is 11.6 Å². The van der Waals surface area contributed by atoms with Gasteiger partial charge in [-0.2, -0.15) is 0 Å². The highest BCUT2D eigenvalue weighted by Crippen LogP contribution is 2.34. The van der Waals surface area contributed by atoms with Crippen molar-refractivity contribution in [2.75, 3.05) is 13.7 Å². The first kappa shape index (κ1) is 19.6. The lowest BCUT2D eigenvalue weighted by atomic mass is 10.1. The molecule has 0 unspecified atom stereocenters. The number of hydrogen-bond acceptors (Lipinski definition) is 3. The molecule has 2 aromatic rings. The fourth-order valence-corrected chi connectivity index (χ4v) is 2.75. The Bertz CT molecular complexity index is 686. The fraction of sp³-hybridized carbons (Fsp3) is 0.429. The van der Waals surface area contributed by atoms with E-state index in [0.29, 0.717) is 29.0 Å². The van der Waals surface area contributed by atoms with Gasteiger partial charge in [0.25, 0.3) is 0 Å². The summed E-state index contributed by atoms with van der Waals surface area (Å²) in [7, 11) is 1.65. The SMILES string of the molecule is COc1cc(CNCCC(C)C)c(Cl)cc1OCc1ccccc1C. The normalized spacial score (nSPS) is 11.0. The monoisotopic (exact) mass is 361 g/mol. The van der Waals surface area contributed by atoms with Crippen molar-refractivity contribution in [2.45, 2.75) is 40.3 Å². The molecular weight excluding hydrogens is 334 g/mol. The Labute approximate surface area is 156 Å². The highest BCUT2D eigenvalue weighted by molar-refractivity contribution is 6.31. The van der Waals surface area contributed by atoms with Crippen LogP contribution in [0.25, 0.3) is 0 Å². The van der Waals surface area contributed by atoms with E-state index in [-0.39, 0.29) is 0 Å². The second-order valence-electron chi connectivity index (χ2n) is 6.67. The molecule has 1 N–H and O–H groups in total. The molecule has 0 saturated heterocycles. The molecule has 0 aromatic heterocycles. The maximum atomic E-state index is 6.44. The predicted molar refractivity (Wildman–Crippen MR) is 105 cm³/mol. The van der Waals surface area contributed by atoms with Gasteiger partial charge < -0.3 is 14.8 Å². The Hall–Kier alpha value is -1.71. The van der Waals surface area contributed by atoms with Crippen LogP contribution in [0.2, 0.25) is 5.02 Å². The van der Waals surface area contributed by atoms with E-state index in [1.165, 1.54) is 5.56 Å². The third-order valence-corrected chi connectivity index (χ3v) is 4.54. The minimum atomic E-state index is 0.491. The minimum Gasteiger partial charge on any atom is -0.493 e. The summed E-state index contributed by atoms with van der Waals surface area (Å²) in [6.07, 6.45) is 1.15. The average molecular weight is 362 g/mol. The standard InChI is InChI=1S/C21H28ClNO2/c1-15(2)9-10-23-13-18-11-20(24-4)21(12-19(18)22)25-14-17-8-6-5-7-16(17)3/h5-8,11-12,15,23H,9-10,13-14H2,1-4H3. The van der Waals surface area contributed by atoms with Gasteiger partial charge in [0.05, 0.1) is 7.11 Å². The van der Waals surface area contributed by atoms with E-state index in [2.05, 4.69) is 38.2 Å². The van der Waals surface area contributed by atoms with Gasteiger partial charge in [-0.25, -0.2) is 0 Å². The number of benzene rings is 2. The fourth-order valence-electron chi connectivity index (χ4n) is 2.53. The number of hydrogen-bond donors (Lipinski definition) is 1.